The molecule has 0 spiro atoms. The third-order valence-electron chi connectivity index (χ3n) is 6.97. The van der Waals surface area contributed by atoms with E-state index in [1.165, 1.54) is 11.0 Å². The number of cyclic esters (lactones) is 1. The first-order valence-electron chi connectivity index (χ1n) is 12.3. The predicted molar refractivity (Wildman–Crippen MR) is 127 cm³/mol. The third kappa shape index (κ3) is 6.65. The van der Waals surface area contributed by atoms with Crippen LogP contribution < -0.4 is 10.2 Å². The minimum absolute atomic E-state index is 0.0330. The lowest BCUT2D eigenvalue weighted by Crippen LogP contribution is -2.35. The van der Waals surface area contributed by atoms with E-state index in [9.17, 15) is 27.2 Å². The Hall–Kier alpha value is -2.89. The Labute approximate surface area is 209 Å². The van der Waals surface area contributed by atoms with Gasteiger partial charge in [-0.15, -0.1) is 0 Å². The number of esters is 1. The van der Waals surface area contributed by atoms with Gasteiger partial charge < -0.3 is 19.5 Å². The number of rotatable bonds is 7. The predicted octanol–water partition coefficient (Wildman–Crippen LogP) is 3.25. The van der Waals surface area contributed by atoms with E-state index in [1.807, 2.05) is 0 Å². The third-order valence-corrected chi connectivity index (χ3v) is 8.68. The zero-order valence-electron chi connectivity index (χ0n) is 19.9. The molecular weight excluding hydrogens is 495 g/mol. The van der Waals surface area contributed by atoms with E-state index in [1.54, 1.807) is 12.1 Å². The summed E-state index contributed by atoms with van der Waals surface area (Å²) in [5, 5.41) is 2.46. The standard InChI is InChI=1S/C24H31FN2O8S/c25-21-12-18(6-7-20(21)16-8-10-36(31,32)11-9-16)27-14-19(35-24(27)30)13-26-23(29)34-15-33-22(28)17-4-2-1-3-5-17/h6-7,12,16-17,19H,1-5,8-11,13-15H2,(H,26,29)/t19-/m0/s1. The molecule has 0 radical (unpaired) electrons. The van der Waals surface area contributed by atoms with E-state index >= 15 is 0 Å². The lowest BCUT2D eigenvalue weighted by Gasteiger charge is -2.23. The van der Waals surface area contributed by atoms with Gasteiger partial charge in [-0.3, -0.25) is 9.69 Å². The second-order valence-corrected chi connectivity index (χ2v) is 11.8. The number of sulfone groups is 1. The first kappa shape index (κ1) is 26.2. The van der Waals surface area contributed by atoms with Gasteiger partial charge in [-0.2, -0.15) is 0 Å². The van der Waals surface area contributed by atoms with Crippen molar-refractivity contribution in [3.05, 3.63) is 29.6 Å². The van der Waals surface area contributed by atoms with Gasteiger partial charge in [0.15, 0.2) is 0 Å². The number of ether oxygens (including phenoxy) is 3. The number of hydrogen-bond donors (Lipinski definition) is 1. The molecule has 2 heterocycles. The molecule has 10 nitrogen and oxygen atoms in total. The van der Waals surface area contributed by atoms with Gasteiger partial charge in [0.25, 0.3) is 0 Å². The van der Waals surface area contributed by atoms with Gasteiger partial charge in [-0.05, 0) is 49.3 Å². The van der Waals surface area contributed by atoms with Crippen LogP contribution in [0.1, 0.15) is 56.4 Å². The van der Waals surface area contributed by atoms with Crippen molar-refractivity contribution in [1.82, 2.24) is 5.32 Å². The fourth-order valence-electron chi connectivity index (χ4n) is 4.90. The monoisotopic (exact) mass is 526 g/mol. The van der Waals surface area contributed by atoms with Crippen LogP contribution in [0.5, 0.6) is 0 Å². The molecule has 3 fully saturated rings. The average molecular weight is 527 g/mol. The molecule has 1 aromatic carbocycles. The summed E-state index contributed by atoms with van der Waals surface area (Å²) in [7, 11) is -3.05. The Morgan fingerprint density at radius 3 is 2.50 bits per heavy atom. The molecule has 4 rings (SSSR count). The molecule has 1 atom stereocenters. The smallest absolute Gasteiger partial charge is 0.414 e. The lowest BCUT2D eigenvalue weighted by molar-refractivity contribution is -0.158. The Bertz CT molecular complexity index is 1080. The fraction of sp³-hybridized carbons (Fsp3) is 0.625. The highest BCUT2D eigenvalue weighted by atomic mass is 32.2. The van der Waals surface area contributed by atoms with Crippen molar-refractivity contribution in [2.75, 3.05) is 36.3 Å². The SMILES string of the molecule is O=C(NC[C@H]1CN(c2ccc(C3CCS(=O)(=O)CC3)c(F)c2)C(=O)O1)OCOC(=O)C1CCCCC1. The molecule has 1 aromatic rings. The summed E-state index contributed by atoms with van der Waals surface area (Å²) in [6.07, 6.45) is 3.23. The van der Waals surface area contributed by atoms with E-state index in [2.05, 4.69) is 5.32 Å². The van der Waals surface area contributed by atoms with Gasteiger partial charge in [0.1, 0.15) is 21.8 Å². The number of hydrogen-bond acceptors (Lipinski definition) is 8. The van der Waals surface area contributed by atoms with Crippen LogP contribution in [0.3, 0.4) is 0 Å². The highest BCUT2D eigenvalue weighted by Gasteiger charge is 2.34. The molecule has 1 saturated carbocycles. The van der Waals surface area contributed by atoms with Crippen LogP contribution in [0.25, 0.3) is 0 Å². The van der Waals surface area contributed by atoms with Crippen molar-refractivity contribution < 1.29 is 41.4 Å². The molecule has 2 amide bonds. The number of halogens is 1. The highest BCUT2D eigenvalue weighted by molar-refractivity contribution is 7.91. The van der Waals surface area contributed by atoms with Gasteiger partial charge in [0.05, 0.1) is 36.2 Å². The number of nitrogens with zero attached hydrogens (tertiary/aromatic N) is 1. The summed E-state index contributed by atoms with van der Waals surface area (Å²) in [6.45, 7) is -0.429. The molecule has 2 aliphatic heterocycles. The Morgan fingerprint density at radius 1 is 1.08 bits per heavy atom. The van der Waals surface area contributed by atoms with Crippen molar-refractivity contribution in [3.63, 3.8) is 0 Å². The molecule has 0 aromatic heterocycles. The summed E-state index contributed by atoms with van der Waals surface area (Å²) in [5.41, 5.74) is 0.746. The van der Waals surface area contributed by atoms with Crippen molar-refractivity contribution in [1.29, 1.82) is 0 Å². The van der Waals surface area contributed by atoms with Gasteiger partial charge in [-0.1, -0.05) is 25.3 Å². The summed E-state index contributed by atoms with van der Waals surface area (Å²) < 4.78 is 53.2. The highest BCUT2D eigenvalue weighted by Crippen LogP contribution is 2.33. The van der Waals surface area contributed by atoms with E-state index in [0.29, 0.717) is 24.1 Å². The van der Waals surface area contributed by atoms with Crippen molar-refractivity contribution in [3.8, 4) is 0 Å². The van der Waals surface area contributed by atoms with Crippen molar-refractivity contribution >= 4 is 33.7 Å². The van der Waals surface area contributed by atoms with Crippen molar-refractivity contribution in [2.45, 2.75) is 57.0 Å². The van der Waals surface area contributed by atoms with Gasteiger partial charge in [0, 0.05) is 0 Å². The second-order valence-electron chi connectivity index (χ2n) is 9.48. The van der Waals surface area contributed by atoms with Crippen LogP contribution in [-0.4, -0.2) is 64.1 Å². The number of carbonyl (C=O) groups is 3. The normalized spacial score (nSPS) is 22.6. The van der Waals surface area contributed by atoms with Crippen LogP contribution in [0.4, 0.5) is 19.7 Å². The van der Waals surface area contributed by atoms with Crippen LogP contribution >= 0.6 is 0 Å². The molecule has 0 bridgehead atoms. The van der Waals surface area contributed by atoms with Crippen LogP contribution in [0.15, 0.2) is 18.2 Å². The molecule has 1 N–H and O–H groups in total. The van der Waals surface area contributed by atoms with Crippen molar-refractivity contribution in [2.24, 2.45) is 5.92 Å². The van der Waals surface area contributed by atoms with Gasteiger partial charge >= 0.3 is 18.2 Å². The zero-order chi connectivity index (χ0) is 25.7. The number of nitrogens with one attached hydrogen (secondary N) is 1. The quantitative estimate of drug-likeness (QED) is 0.424. The summed E-state index contributed by atoms with van der Waals surface area (Å²) in [4.78, 5) is 37.4. The molecule has 0 unspecified atom stereocenters. The molecule has 2 saturated heterocycles. The molecule has 1 aliphatic carbocycles. The minimum Gasteiger partial charge on any atom is -0.442 e. The number of anilines is 1. The van der Waals surface area contributed by atoms with E-state index < -0.39 is 40.7 Å². The number of amides is 2. The largest absolute Gasteiger partial charge is 0.442 e. The minimum atomic E-state index is -3.05. The van der Waals surface area contributed by atoms with E-state index in [4.69, 9.17) is 14.2 Å². The summed E-state index contributed by atoms with van der Waals surface area (Å²) in [5.74, 6) is -1.12. The number of carbonyl (C=O) groups excluding carboxylic acids is 3. The maximum atomic E-state index is 14.8. The molecule has 3 aliphatic rings. The van der Waals surface area contributed by atoms with Crippen LogP contribution in [-0.2, 0) is 28.8 Å². The Kier molecular flexibility index (Phi) is 8.32. The maximum absolute atomic E-state index is 14.8. The maximum Gasteiger partial charge on any atom is 0.414 e. The topological polar surface area (TPSA) is 128 Å². The Balaban J connectivity index is 1.21. The Morgan fingerprint density at radius 2 is 1.81 bits per heavy atom. The first-order valence-corrected chi connectivity index (χ1v) is 14.1. The molecule has 36 heavy (non-hydrogen) atoms. The summed E-state index contributed by atoms with van der Waals surface area (Å²) >= 11 is 0. The van der Waals surface area contributed by atoms with E-state index in [0.717, 1.165) is 32.1 Å². The average Bonchev–Trinajstić information content (AvgIpc) is 3.24. The van der Waals surface area contributed by atoms with E-state index in [-0.39, 0.29) is 42.4 Å². The van der Waals surface area contributed by atoms with Crippen LogP contribution in [0.2, 0.25) is 0 Å². The number of alkyl carbamates (subject to hydrolysis) is 1. The van der Waals surface area contributed by atoms with Gasteiger partial charge in [0.2, 0.25) is 6.79 Å². The number of benzene rings is 1. The van der Waals surface area contributed by atoms with Gasteiger partial charge in [-0.25, -0.2) is 22.4 Å². The summed E-state index contributed by atoms with van der Waals surface area (Å²) in [6, 6.07) is 4.43. The first-order chi connectivity index (χ1) is 17.2. The van der Waals surface area contributed by atoms with Crippen LogP contribution in [0, 0.1) is 11.7 Å². The molecular formula is C24H31FN2O8S. The molecule has 12 heteroatoms. The zero-order valence-corrected chi connectivity index (χ0v) is 20.8. The second kappa shape index (κ2) is 11.4. The lowest BCUT2D eigenvalue weighted by atomic mass is 9.89. The fourth-order valence-corrected chi connectivity index (χ4v) is 6.39. The molecule has 198 valence electrons.